The van der Waals surface area contributed by atoms with Crippen LogP contribution in [0.1, 0.15) is 20.3 Å². The van der Waals surface area contributed by atoms with Crippen molar-refractivity contribution in [2.24, 2.45) is 17.1 Å². The van der Waals surface area contributed by atoms with Gasteiger partial charge in [0.15, 0.2) is 0 Å². The zero-order chi connectivity index (χ0) is 11.6. The molecule has 0 aromatic heterocycles. The van der Waals surface area contributed by atoms with Crippen LogP contribution in [0.5, 0.6) is 0 Å². The lowest BCUT2D eigenvalue weighted by Crippen LogP contribution is -2.51. The minimum absolute atomic E-state index is 0.0503. The number of hydrogen-bond donors (Lipinski definition) is 1. The van der Waals surface area contributed by atoms with E-state index in [0.717, 1.165) is 0 Å². The number of carbonyl (C=O) groups excluding carboxylic acids is 2. The normalized spacial score (nSPS) is 16.7. The summed E-state index contributed by atoms with van der Waals surface area (Å²) >= 11 is 0. The highest BCUT2D eigenvalue weighted by atomic mass is 16.2. The van der Waals surface area contributed by atoms with Crippen LogP contribution in [0.15, 0.2) is 0 Å². The smallest absolute Gasteiger partial charge is 0.223 e. The van der Waals surface area contributed by atoms with Gasteiger partial charge in [0.1, 0.15) is 0 Å². The fraction of sp³-hybridized carbons (Fsp3) is 0.700. The van der Waals surface area contributed by atoms with Gasteiger partial charge in [-0.3, -0.25) is 9.59 Å². The number of nitrogens with zero attached hydrogens (tertiary/aromatic N) is 2. The van der Waals surface area contributed by atoms with Crippen LogP contribution >= 0.6 is 0 Å². The van der Waals surface area contributed by atoms with Gasteiger partial charge in [-0.15, -0.1) is 0 Å². The zero-order valence-electron chi connectivity index (χ0n) is 8.99. The summed E-state index contributed by atoms with van der Waals surface area (Å²) in [6.45, 7) is 4.25. The van der Waals surface area contributed by atoms with Crippen molar-refractivity contribution >= 4 is 11.8 Å². The van der Waals surface area contributed by atoms with Gasteiger partial charge >= 0.3 is 0 Å². The van der Waals surface area contributed by atoms with Crippen molar-refractivity contribution in [3.63, 3.8) is 0 Å². The molecule has 5 heteroatoms. The number of primary amides is 1. The molecule has 15 heavy (non-hydrogen) atoms. The Morgan fingerprint density at radius 2 is 2.07 bits per heavy atom. The second-order valence-electron chi connectivity index (χ2n) is 4.55. The minimum Gasteiger partial charge on any atom is -0.369 e. The zero-order valence-corrected chi connectivity index (χ0v) is 8.99. The molecule has 0 bridgehead atoms. The maximum Gasteiger partial charge on any atom is 0.223 e. The Kier molecular flexibility index (Phi) is 2.98. The molecule has 1 heterocycles. The number of rotatable bonds is 3. The first-order valence-corrected chi connectivity index (χ1v) is 4.84. The molecule has 1 aliphatic heterocycles. The molecule has 0 atom stereocenters. The molecule has 0 aromatic rings. The second-order valence-corrected chi connectivity index (χ2v) is 4.55. The largest absolute Gasteiger partial charge is 0.369 e. The second kappa shape index (κ2) is 3.89. The monoisotopic (exact) mass is 209 g/mol. The van der Waals surface area contributed by atoms with E-state index in [1.165, 1.54) is 0 Å². The molecule has 1 aliphatic rings. The molecule has 1 saturated heterocycles. The van der Waals surface area contributed by atoms with Gasteiger partial charge in [0, 0.05) is 19.5 Å². The molecule has 2 amide bonds. The van der Waals surface area contributed by atoms with Crippen molar-refractivity contribution in [3.05, 3.63) is 0 Å². The van der Waals surface area contributed by atoms with E-state index in [4.69, 9.17) is 11.0 Å². The molecule has 0 aliphatic carbocycles. The Hall–Kier alpha value is -1.57. The van der Waals surface area contributed by atoms with Crippen LogP contribution in [-0.2, 0) is 9.59 Å². The minimum atomic E-state index is -0.811. The third-order valence-corrected chi connectivity index (χ3v) is 2.68. The highest BCUT2D eigenvalue weighted by molar-refractivity contribution is 5.87. The van der Waals surface area contributed by atoms with E-state index < -0.39 is 11.3 Å². The molecule has 0 aromatic carbocycles. The lowest BCUT2D eigenvalue weighted by atomic mass is 9.87. The first kappa shape index (κ1) is 11.5. The predicted octanol–water partition coefficient (Wildman–Crippen LogP) is -0.130. The summed E-state index contributed by atoms with van der Waals surface area (Å²) in [6.07, 6.45) is 0.112. The summed E-state index contributed by atoms with van der Waals surface area (Å²) < 4.78 is 0. The van der Waals surface area contributed by atoms with Gasteiger partial charge in [0.25, 0.3) is 0 Å². The van der Waals surface area contributed by atoms with Crippen LogP contribution in [0.25, 0.3) is 0 Å². The number of carbonyl (C=O) groups is 2. The highest BCUT2D eigenvalue weighted by Crippen LogP contribution is 2.24. The van der Waals surface area contributed by atoms with Crippen molar-refractivity contribution in [2.75, 3.05) is 13.1 Å². The van der Waals surface area contributed by atoms with Crippen LogP contribution < -0.4 is 5.73 Å². The van der Waals surface area contributed by atoms with Crippen LogP contribution in [0.2, 0.25) is 0 Å². The van der Waals surface area contributed by atoms with E-state index in [2.05, 4.69) is 6.07 Å². The van der Waals surface area contributed by atoms with Gasteiger partial charge in [0.05, 0.1) is 17.4 Å². The summed E-state index contributed by atoms with van der Waals surface area (Å²) in [4.78, 5) is 24.2. The first-order valence-electron chi connectivity index (χ1n) is 4.84. The van der Waals surface area contributed by atoms with Crippen LogP contribution in [0.3, 0.4) is 0 Å². The molecule has 0 unspecified atom stereocenters. The summed E-state index contributed by atoms with van der Waals surface area (Å²) in [7, 11) is 0. The maximum atomic E-state index is 11.6. The third-order valence-electron chi connectivity index (χ3n) is 2.68. The van der Waals surface area contributed by atoms with E-state index in [1.807, 2.05) is 0 Å². The average molecular weight is 209 g/mol. The predicted molar refractivity (Wildman–Crippen MR) is 53.3 cm³/mol. The maximum absolute atomic E-state index is 11.6. The summed E-state index contributed by atoms with van der Waals surface area (Å²) in [5.74, 6) is -0.635. The van der Waals surface area contributed by atoms with Gasteiger partial charge in [-0.05, 0) is 0 Å². The number of likely N-dealkylation sites (tertiary alicyclic amines) is 1. The number of nitrogens with two attached hydrogens (primary N) is 1. The molecule has 1 rings (SSSR count). The molecule has 0 saturated carbocycles. The van der Waals surface area contributed by atoms with Crippen LogP contribution in [0, 0.1) is 22.7 Å². The Labute approximate surface area is 88.8 Å². The van der Waals surface area contributed by atoms with Gasteiger partial charge in [0.2, 0.25) is 11.8 Å². The van der Waals surface area contributed by atoms with Crippen molar-refractivity contribution in [1.29, 1.82) is 5.26 Å². The Morgan fingerprint density at radius 3 is 2.47 bits per heavy atom. The molecule has 0 spiro atoms. The first-order chi connectivity index (χ1) is 6.86. The van der Waals surface area contributed by atoms with E-state index in [-0.39, 0.29) is 18.2 Å². The highest BCUT2D eigenvalue weighted by Gasteiger charge is 2.35. The van der Waals surface area contributed by atoms with Crippen molar-refractivity contribution in [1.82, 2.24) is 4.90 Å². The van der Waals surface area contributed by atoms with Crippen molar-refractivity contribution in [3.8, 4) is 6.07 Å². The Morgan fingerprint density at radius 1 is 1.53 bits per heavy atom. The quantitative estimate of drug-likeness (QED) is 0.702. The molecular formula is C10H15N3O2. The fourth-order valence-corrected chi connectivity index (χ4v) is 1.34. The van der Waals surface area contributed by atoms with Crippen LogP contribution in [0.4, 0.5) is 0 Å². The van der Waals surface area contributed by atoms with E-state index >= 15 is 0 Å². The van der Waals surface area contributed by atoms with E-state index in [1.54, 1.807) is 18.7 Å². The van der Waals surface area contributed by atoms with Crippen LogP contribution in [-0.4, -0.2) is 29.8 Å². The molecule has 82 valence electrons. The Balaban J connectivity index is 2.45. The molecule has 5 nitrogen and oxygen atoms in total. The van der Waals surface area contributed by atoms with Gasteiger partial charge in [-0.25, -0.2) is 0 Å². The van der Waals surface area contributed by atoms with Crippen molar-refractivity contribution < 1.29 is 9.59 Å². The van der Waals surface area contributed by atoms with E-state index in [0.29, 0.717) is 13.1 Å². The molecule has 1 fully saturated rings. The molecule has 0 radical (unpaired) electrons. The number of nitriles is 1. The summed E-state index contributed by atoms with van der Waals surface area (Å²) in [6, 6.07) is 2.09. The van der Waals surface area contributed by atoms with Gasteiger partial charge < -0.3 is 10.6 Å². The topological polar surface area (TPSA) is 87.2 Å². The Bertz CT molecular complexity index is 324. The summed E-state index contributed by atoms with van der Waals surface area (Å²) in [5, 5.41) is 8.54. The summed E-state index contributed by atoms with van der Waals surface area (Å²) in [5.41, 5.74) is 4.36. The van der Waals surface area contributed by atoms with Crippen molar-refractivity contribution in [2.45, 2.75) is 20.3 Å². The molecular weight excluding hydrogens is 194 g/mol. The number of amides is 2. The van der Waals surface area contributed by atoms with E-state index in [9.17, 15) is 9.59 Å². The fourth-order valence-electron chi connectivity index (χ4n) is 1.34. The SMILES string of the molecule is CC(C)(CC(=O)N1CC(C#N)C1)C(N)=O. The van der Waals surface area contributed by atoms with Gasteiger partial charge in [-0.2, -0.15) is 5.26 Å². The average Bonchev–Trinajstić information content (AvgIpc) is 2.00. The third kappa shape index (κ3) is 2.46. The molecule has 2 N–H and O–H groups in total. The lowest BCUT2D eigenvalue weighted by Gasteiger charge is -2.36. The standard InChI is InChI=1S/C10H15N3O2/c1-10(2,9(12)15)3-8(14)13-5-7(4-11)6-13/h7H,3,5-6H2,1-2H3,(H2,12,15). The van der Waals surface area contributed by atoms with Gasteiger partial charge in [-0.1, -0.05) is 13.8 Å². The lowest BCUT2D eigenvalue weighted by molar-refractivity contribution is -0.142. The number of hydrogen-bond acceptors (Lipinski definition) is 3.